The van der Waals surface area contributed by atoms with Crippen LogP contribution in [-0.2, 0) is 4.79 Å². The van der Waals surface area contributed by atoms with Crippen molar-refractivity contribution < 1.29 is 9.90 Å². The van der Waals surface area contributed by atoms with Gasteiger partial charge in [-0.2, -0.15) is 0 Å². The second-order valence-corrected chi connectivity index (χ2v) is 4.23. The fourth-order valence-corrected chi connectivity index (χ4v) is 2.28. The van der Waals surface area contributed by atoms with Gasteiger partial charge in [0.2, 0.25) is 0 Å². The number of hydrogen-bond acceptors (Lipinski definition) is 3. The number of hydrogen-bond donors (Lipinski definition) is 1. The maximum Gasteiger partial charge on any atom is 0.304 e. The molecule has 16 heavy (non-hydrogen) atoms. The van der Waals surface area contributed by atoms with Crippen LogP contribution in [-0.4, -0.2) is 20.6 Å². The molecule has 0 aromatic carbocycles. The van der Waals surface area contributed by atoms with Crippen molar-refractivity contribution in [3.05, 3.63) is 28.4 Å². The lowest BCUT2D eigenvalue weighted by atomic mass is 9.92. The molecule has 2 rings (SSSR count). The number of carboxylic acid groups (broad SMARTS) is 1. The third-order valence-corrected chi connectivity index (χ3v) is 3.07. The highest BCUT2D eigenvalue weighted by molar-refractivity contribution is 5.67. The molecule has 0 bridgehead atoms. The van der Waals surface area contributed by atoms with E-state index in [4.69, 9.17) is 5.11 Å². The summed E-state index contributed by atoms with van der Waals surface area (Å²) in [6.45, 7) is 1.96. The Hall–Kier alpha value is -1.65. The summed E-state index contributed by atoms with van der Waals surface area (Å²) in [5.41, 5.74) is -0.0902. The summed E-state index contributed by atoms with van der Waals surface area (Å²) in [5, 5.41) is 8.81. The smallest absolute Gasteiger partial charge is 0.304 e. The molecule has 5 nitrogen and oxygen atoms in total. The van der Waals surface area contributed by atoms with Gasteiger partial charge in [0.05, 0.1) is 6.42 Å². The molecule has 0 aliphatic carbocycles. The number of rotatable bonds is 2. The van der Waals surface area contributed by atoms with Crippen LogP contribution in [0.3, 0.4) is 0 Å². The zero-order chi connectivity index (χ0) is 11.7. The molecule has 1 aliphatic heterocycles. The largest absolute Gasteiger partial charge is 0.481 e. The topological polar surface area (TPSA) is 72.2 Å². The van der Waals surface area contributed by atoms with E-state index in [-0.39, 0.29) is 23.9 Å². The summed E-state index contributed by atoms with van der Waals surface area (Å²) in [7, 11) is 0. The number of carboxylic acids is 1. The van der Waals surface area contributed by atoms with E-state index in [9.17, 15) is 9.59 Å². The summed E-state index contributed by atoms with van der Waals surface area (Å²) in [6.07, 6.45) is 3.12. The quantitative estimate of drug-likeness (QED) is 0.814. The Labute approximate surface area is 92.7 Å². The SMILES string of the molecule is CC1CCC(CC(=O)O)c2nccc(=O)n21. The number of aromatic nitrogens is 2. The predicted molar refractivity (Wildman–Crippen MR) is 57.4 cm³/mol. The summed E-state index contributed by atoms with van der Waals surface area (Å²) in [4.78, 5) is 26.6. The van der Waals surface area contributed by atoms with Crippen LogP contribution in [0.25, 0.3) is 0 Å². The highest BCUT2D eigenvalue weighted by atomic mass is 16.4. The number of aliphatic carboxylic acids is 1. The molecule has 1 aliphatic rings. The van der Waals surface area contributed by atoms with Crippen molar-refractivity contribution in [3.63, 3.8) is 0 Å². The predicted octanol–water partition coefficient (Wildman–Crippen LogP) is 1.16. The minimum absolute atomic E-state index is 0.0448. The molecule has 2 unspecified atom stereocenters. The van der Waals surface area contributed by atoms with Crippen molar-refractivity contribution >= 4 is 5.97 Å². The van der Waals surface area contributed by atoms with Crippen molar-refractivity contribution in [3.8, 4) is 0 Å². The number of nitrogens with zero attached hydrogens (tertiary/aromatic N) is 2. The summed E-state index contributed by atoms with van der Waals surface area (Å²) in [6, 6.07) is 1.53. The molecular weight excluding hydrogens is 208 g/mol. The Balaban J connectivity index is 2.44. The number of fused-ring (bicyclic) bond motifs is 1. The molecule has 2 atom stereocenters. The highest BCUT2D eigenvalue weighted by Gasteiger charge is 2.27. The molecule has 5 heteroatoms. The fraction of sp³-hybridized carbons (Fsp3) is 0.545. The van der Waals surface area contributed by atoms with E-state index in [0.29, 0.717) is 5.82 Å². The van der Waals surface area contributed by atoms with E-state index >= 15 is 0 Å². The van der Waals surface area contributed by atoms with Gasteiger partial charge < -0.3 is 5.11 Å². The Kier molecular flexibility index (Phi) is 2.77. The van der Waals surface area contributed by atoms with Crippen molar-refractivity contribution in [2.45, 2.75) is 38.1 Å². The first-order valence-corrected chi connectivity index (χ1v) is 5.39. The first-order valence-electron chi connectivity index (χ1n) is 5.39. The van der Waals surface area contributed by atoms with E-state index in [1.54, 1.807) is 4.57 Å². The van der Waals surface area contributed by atoms with Crippen molar-refractivity contribution in [2.24, 2.45) is 0 Å². The van der Waals surface area contributed by atoms with Crippen LogP contribution in [0.4, 0.5) is 0 Å². The number of carbonyl (C=O) groups is 1. The molecule has 1 aromatic heterocycles. The van der Waals surface area contributed by atoms with E-state index in [2.05, 4.69) is 4.98 Å². The molecule has 0 amide bonds. The van der Waals surface area contributed by atoms with Crippen LogP contribution in [0.1, 0.15) is 44.0 Å². The first kappa shape index (κ1) is 10.9. The highest BCUT2D eigenvalue weighted by Crippen LogP contribution is 2.32. The van der Waals surface area contributed by atoms with Crippen molar-refractivity contribution in [1.29, 1.82) is 0 Å². The third kappa shape index (κ3) is 1.85. The van der Waals surface area contributed by atoms with Gasteiger partial charge in [0.1, 0.15) is 5.82 Å². The monoisotopic (exact) mass is 222 g/mol. The normalized spacial score (nSPS) is 23.8. The van der Waals surface area contributed by atoms with Crippen LogP contribution in [0, 0.1) is 0 Å². The maximum atomic E-state index is 11.7. The van der Waals surface area contributed by atoms with Crippen LogP contribution < -0.4 is 5.56 Å². The van der Waals surface area contributed by atoms with Gasteiger partial charge in [-0.05, 0) is 19.8 Å². The van der Waals surface area contributed by atoms with Gasteiger partial charge in [0, 0.05) is 24.2 Å². The minimum Gasteiger partial charge on any atom is -0.481 e. The molecule has 1 N–H and O–H groups in total. The average Bonchev–Trinajstić information content (AvgIpc) is 2.22. The third-order valence-electron chi connectivity index (χ3n) is 3.07. The molecular formula is C11H14N2O3. The van der Waals surface area contributed by atoms with Gasteiger partial charge in [-0.15, -0.1) is 0 Å². The second kappa shape index (κ2) is 4.08. The lowest BCUT2D eigenvalue weighted by Gasteiger charge is -2.29. The Morgan fingerprint density at radius 2 is 2.38 bits per heavy atom. The summed E-state index contributed by atoms with van der Waals surface area (Å²) >= 11 is 0. The summed E-state index contributed by atoms with van der Waals surface area (Å²) < 4.78 is 1.62. The van der Waals surface area contributed by atoms with Crippen LogP contribution in [0.2, 0.25) is 0 Å². The maximum absolute atomic E-state index is 11.7. The Morgan fingerprint density at radius 1 is 1.62 bits per heavy atom. The minimum atomic E-state index is -0.843. The molecule has 86 valence electrons. The molecule has 1 aromatic rings. The molecule has 0 spiro atoms. The van der Waals surface area contributed by atoms with Crippen LogP contribution in [0.15, 0.2) is 17.1 Å². The molecule has 0 radical (unpaired) electrons. The zero-order valence-corrected chi connectivity index (χ0v) is 9.09. The molecule has 0 saturated heterocycles. The van der Waals surface area contributed by atoms with Crippen molar-refractivity contribution in [2.75, 3.05) is 0 Å². The van der Waals surface area contributed by atoms with Crippen LogP contribution >= 0.6 is 0 Å². The van der Waals surface area contributed by atoms with Gasteiger partial charge in [-0.1, -0.05) is 0 Å². The molecule has 0 fully saturated rings. The summed E-state index contributed by atoms with van der Waals surface area (Å²) in [5.74, 6) is -0.361. The lowest BCUT2D eigenvalue weighted by molar-refractivity contribution is -0.137. The standard InChI is InChI=1S/C11H14N2O3/c1-7-2-3-8(6-10(15)16)11-12-5-4-9(14)13(7)11/h4-5,7-8H,2-3,6H2,1H3,(H,15,16). The van der Waals surface area contributed by atoms with E-state index in [1.165, 1.54) is 12.3 Å². The first-order chi connectivity index (χ1) is 7.59. The molecule has 0 saturated carbocycles. The lowest BCUT2D eigenvalue weighted by Crippen LogP contribution is -2.32. The van der Waals surface area contributed by atoms with E-state index in [0.717, 1.165) is 12.8 Å². The van der Waals surface area contributed by atoms with Crippen molar-refractivity contribution in [1.82, 2.24) is 9.55 Å². The van der Waals surface area contributed by atoms with E-state index in [1.807, 2.05) is 6.92 Å². The zero-order valence-electron chi connectivity index (χ0n) is 9.09. The molecule has 2 heterocycles. The van der Waals surface area contributed by atoms with Crippen LogP contribution in [0.5, 0.6) is 0 Å². The Morgan fingerprint density at radius 3 is 3.06 bits per heavy atom. The second-order valence-electron chi connectivity index (χ2n) is 4.23. The van der Waals surface area contributed by atoms with Gasteiger partial charge in [0.15, 0.2) is 0 Å². The van der Waals surface area contributed by atoms with E-state index < -0.39 is 5.97 Å². The van der Waals surface area contributed by atoms with Gasteiger partial charge in [-0.3, -0.25) is 14.2 Å². The van der Waals surface area contributed by atoms with Gasteiger partial charge >= 0.3 is 5.97 Å². The fourth-order valence-electron chi connectivity index (χ4n) is 2.28. The van der Waals surface area contributed by atoms with Gasteiger partial charge in [0.25, 0.3) is 5.56 Å². The Bertz CT molecular complexity index is 467. The van der Waals surface area contributed by atoms with Gasteiger partial charge in [-0.25, -0.2) is 4.98 Å². The average molecular weight is 222 g/mol.